The second-order valence-electron chi connectivity index (χ2n) is 7.08. The standard InChI is InChI=1S/C24H24N2O/c27-24(26-17-8-7-15-22(26)21-14-9-16-25-18-21)23(19-10-3-1-4-11-19)20-12-5-2-6-13-20/h1-6,9-14,16,18,22-23H,7-8,15,17H2/t22-/m0/s1. The van der Waals surface area contributed by atoms with Gasteiger partial charge in [-0.15, -0.1) is 0 Å². The molecule has 3 nitrogen and oxygen atoms in total. The molecule has 2 aromatic carbocycles. The van der Waals surface area contributed by atoms with Gasteiger partial charge in [0.05, 0.1) is 12.0 Å². The van der Waals surface area contributed by atoms with Crippen LogP contribution in [0.3, 0.4) is 0 Å². The Bertz CT molecular complexity index is 825. The van der Waals surface area contributed by atoms with Crippen LogP contribution in [0.25, 0.3) is 0 Å². The van der Waals surface area contributed by atoms with Gasteiger partial charge in [0, 0.05) is 18.9 Å². The summed E-state index contributed by atoms with van der Waals surface area (Å²) in [5.74, 6) is -0.0920. The first-order valence-corrected chi connectivity index (χ1v) is 9.65. The third kappa shape index (κ3) is 3.77. The second-order valence-corrected chi connectivity index (χ2v) is 7.08. The minimum absolute atomic E-state index is 0.106. The number of piperidine rings is 1. The molecule has 1 fully saturated rings. The average Bonchev–Trinajstić information content (AvgIpc) is 2.76. The molecule has 1 aliphatic heterocycles. The van der Waals surface area contributed by atoms with Crippen molar-refractivity contribution in [3.63, 3.8) is 0 Å². The van der Waals surface area contributed by atoms with Crippen LogP contribution in [0.15, 0.2) is 85.2 Å². The Labute approximate surface area is 160 Å². The van der Waals surface area contributed by atoms with Gasteiger partial charge in [0.25, 0.3) is 0 Å². The molecule has 0 unspecified atom stereocenters. The summed E-state index contributed by atoms with van der Waals surface area (Å²) in [6.07, 6.45) is 6.88. The Morgan fingerprint density at radius 2 is 1.56 bits per heavy atom. The van der Waals surface area contributed by atoms with E-state index in [0.717, 1.165) is 42.5 Å². The molecule has 4 rings (SSSR count). The molecule has 0 radical (unpaired) electrons. The topological polar surface area (TPSA) is 33.2 Å². The molecule has 27 heavy (non-hydrogen) atoms. The molecule has 1 aliphatic rings. The normalized spacial score (nSPS) is 17.1. The van der Waals surface area contributed by atoms with Crippen LogP contribution < -0.4 is 0 Å². The van der Waals surface area contributed by atoms with Crippen molar-refractivity contribution in [3.05, 3.63) is 102 Å². The van der Waals surface area contributed by atoms with Gasteiger partial charge in [0.2, 0.25) is 5.91 Å². The van der Waals surface area contributed by atoms with E-state index in [9.17, 15) is 4.79 Å². The van der Waals surface area contributed by atoms with Crippen LogP contribution >= 0.6 is 0 Å². The van der Waals surface area contributed by atoms with E-state index in [-0.39, 0.29) is 17.9 Å². The number of amides is 1. The predicted octanol–water partition coefficient (Wildman–Crippen LogP) is 4.97. The summed E-state index contributed by atoms with van der Waals surface area (Å²) in [6, 6.07) is 24.4. The number of pyridine rings is 1. The highest BCUT2D eigenvalue weighted by Gasteiger charge is 2.34. The Hall–Kier alpha value is -2.94. The molecular weight excluding hydrogens is 332 g/mol. The van der Waals surface area contributed by atoms with Gasteiger partial charge in [0.15, 0.2) is 0 Å². The Morgan fingerprint density at radius 1 is 0.889 bits per heavy atom. The van der Waals surface area contributed by atoms with Crippen molar-refractivity contribution in [2.45, 2.75) is 31.2 Å². The highest BCUT2D eigenvalue weighted by molar-refractivity contribution is 5.87. The highest BCUT2D eigenvalue weighted by Crippen LogP contribution is 2.35. The summed E-state index contributed by atoms with van der Waals surface area (Å²) in [5, 5.41) is 0. The molecule has 1 amide bonds. The van der Waals surface area contributed by atoms with Gasteiger partial charge >= 0.3 is 0 Å². The largest absolute Gasteiger partial charge is 0.335 e. The van der Waals surface area contributed by atoms with E-state index in [1.165, 1.54) is 0 Å². The van der Waals surface area contributed by atoms with Crippen LogP contribution in [0, 0.1) is 0 Å². The lowest BCUT2D eigenvalue weighted by Gasteiger charge is -2.38. The second kappa shape index (κ2) is 8.17. The number of rotatable bonds is 4. The number of hydrogen-bond acceptors (Lipinski definition) is 2. The SMILES string of the molecule is O=C(C(c1ccccc1)c1ccccc1)N1CCCC[C@H]1c1cccnc1. The first kappa shape index (κ1) is 17.5. The van der Waals surface area contributed by atoms with Crippen molar-refractivity contribution < 1.29 is 4.79 Å². The molecular formula is C24H24N2O. The number of nitrogens with zero attached hydrogens (tertiary/aromatic N) is 2. The Balaban J connectivity index is 1.72. The Kier molecular flexibility index (Phi) is 5.29. The van der Waals surface area contributed by atoms with Crippen LogP contribution in [0.5, 0.6) is 0 Å². The van der Waals surface area contributed by atoms with E-state index < -0.39 is 0 Å². The average molecular weight is 356 g/mol. The Morgan fingerprint density at radius 3 is 2.15 bits per heavy atom. The minimum atomic E-state index is -0.273. The molecule has 3 aromatic rings. The maximum absolute atomic E-state index is 13.8. The van der Waals surface area contributed by atoms with Crippen LogP contribution in [-0.2, 0) is 4.79 Å². The molecule has 1 atom stereocenters. The highest BCUT2D eigenvalue weighted by atomic mass is 16.2. The predicted molar refractivity (Wildman–Crippen MR) is 107 cm³/mol. The monoisotopic (exact) mass is 356 g/mol. The molecule has 3 heteroatoms. The summed E-state index contributed by atoms with van der Waals surface area (Å²) in [4.78, 5) is 20.1. The van der Waals surface area contributed by atoms with Crippen LogP contribution in [0.4, 0.5) is 0 Å². The van der Waals surface area contributed by atoms with Gasteiger partial charge in [-0.3, -0.25) is 9.78 Å². The number of benzene rings is 2. The number of likely N-dealkylation sites (tertiary alicyclic amines) is 1. The van der Waals surface area contributed by atoms with Crippen LogP contribution in [0.2, 0.25) is 0 Å². The van der Waals surface area contributed by atoms with Crippen molar-refractivity contribution in [1.29, 1.82) is 0 Å². The lowest BCUT2D eigenvalue weighted by Crippen LogP contribution is -2.41. The lowest BCUT2D eigenvalue weighted by molar-refractivity contribution is -0.135. The van der Waals surface area contributed by atoms with Crippen molar-refractivity contribution in [1.82, 2.24) is 9.88 Å². The molecule has 0 bridgehead atoms. The van der Waals surface area contributed by atoms with E-state index in [0.29, 0.717) is 0 Å². The van der Waals surface area contributed by atoms with Gasteiger partial charge in [-0.25, -0.2) is 0 Å². The van der Waals surface area contributed by atoms with Crippen molar-refractivity contribution in [3.8, 4) is 0 Å². The van der Waals surface area contributed by atoms with Gasteiger partial charge in [0.1, 0.15) is 0 Å². The fourth-order valence-electron chi connectivity index (χ4n) is 4.05. The molecule has 1 saturated heterocycles. The smallest absolute Gasteiger partial charge is 0.235 e. The van der Waals surface area contributed by atoms with E-state index in [2.05, 4.69) is 40.2 Å². The van der Waals surface area contributed by atoms with Crippen LogP contribution in [-0.4, -0.2) is 22.3 Å². The fraction of sp³-hybridized carbons (Fsp3) is 0.250. The van der Waals surface area contributed by atoms with Gasteiger partial charge < -0.3 is 4.90 Å². The van der Waals surface area contributed by atoms with E-state index in [1.807, 2.05) is 48.7 Å². The molecule has 2 heterocycles. The zero-order valence-corrected chi connectivity index (χ0v) is 15.4. The quantitative estimate of drug-likeness (QED) is 0.661. The molecule has 0 saturated carbocycles. The number of carbonyl (C=O) groups is 1. The zero-order chi connectivity index (χ0) is 18.5. The maximum atomic E-state index is 13.8. The fourth-order valence-corrected chi connectivity index (χ4v) is 4.05. The summed E-state index contributed by atoms with van der Waals surface area (Å²) in [6.45, 7) is 0.800. The van der Waals surface area contributed by atoms with E-state index in [4.69, 9.17) is 0 Å². The summed E-state index contributed by atoms with van der Waals surface area (Å²) in [7, 11) is 0. The van der Waals surface area contributed by atoms with Crippen molar-refractivity contribution in [2.24, 2.45) is 0 Å². The zero-order valence-electron chi connectivity index (χ0n) is 15.4. The van der Waals surface area contributed by atoms with Gasteiger partial charge in [-0.1, -0.05) is 66.7 Å². The number of aromatic nitrogens is 1. The number of carbonyl (C=O) groups excluding carboxylic acids is 1. The van der Waals surface area contributed by atoms with Crippen molar-refractivity contribution >= 4 is 5.91 Å². The molecule has 136 valence electrons. The summed E-state index contributed by atoms with van der Waals surface area (Å²) in [5.41, 5.74) is 3.22. The third-order valence-corrected chi connectivity index (χ3v) is 5.37. The number of hydrogen-bond donors (Lipinski definition) is 0. The molecule has 0 N–H and O–H groups in total. The van der Waals surface area contributed by atoms with Gasteiger partial charge in [-0.05, 0) is 42.0 Å². The van der Waals surface area contributed by atoms with Gasteiger partial charge in [-0.2, -0.15) is 0 Å². The molecule has 1 aromatic heterocycles. The van der Waals surface area contributed by atoms with E-state index >= 15 is 0 Å². The lowest BCUT2D eigenvalue weighted by atomic mass is 9.87. The summed E-state index contributed by atoms with van der Waals surface area (Å²) < 4.78 is 0. The minimum Gasteiger partial charge on any atom is -0.335 e. The van der Waals surface area contributed by atoms with Crippen LogP contribution in [0.1, 0.15) is 47.9 Å². The maximum Gasteiger partial charge on any atom is 0.235 e. The van der Waals surface area contributed by atoms with Crippen molar-refractivity contribution in [2.75, 3.05) is 6.54 Å². The third-order valence-electron chi connectivity index (χ3n) is 5.37. The molecule has 0 spiro atoms. The summed E-state index contributed by atoms with van der Waals surface area (Å²) >= 11 is 0. The first-order chi connectivity index (χ1) is 13.3. The van der Waals surface area contributed by atoms with E-state index in [1.54, 1.807) is 6.20 Å². The molecule has 0 aliphatic carbocycles. The first-order valence-electron chi connectivity index (χ1n) is 9.65.